The number of nitrogens with one attached hydrogen (secondary N) is 1. The Morgan fingerprint density at radius 1 is 1.13 bits per heavy atom. The van der Waals surface area contributed by atoms with Crippen molar-refractivity contribution in [3.63, 3.8) is 0 Å². The van der Waals surface area contributed by atoms with E-state index >= 15 is 0 Å². The van der Waals surface area contributed by atoms with Crippen LogP contribution in [0.4, 0.5) is 5.69 Å². The van der Waals surface area contributed by atoms with Crippen molar-refractivity contribution in [3.05, 3.63) is 104 Å². The first kappa shape index (κ1) is 17.8. The van der Waals surface area contributed by atoms with E-state index in [9.17, 15) is 14.9 Å². The lowest BCUT2D eigenvalue weighted by atomic mass is 9.84. The van der Waals surface area contributed by atoms with Gasteiger partial charge in [0.2, 0.25) is 11.8 Å². The quantitative estimate of drug-likeness (QED) is 0.366. The Morgan fingerprint density at radius 2 is 1.93 bits per heavy atom. The molecule has 0 aliphatic carbocycles. The third kappa shape index (κ3) is 2.67. The molecule has 148 valence electrons. The van der Waals surface area contributed by atoms with Gasteiger partial charge in [-0.05, 0) is 24.6 Å². The summed E-state index contributed by atoms with van der Waals surface area (Å²) in [6.45, 7) is 1.82. The van der Waals surface area contributed by atoms with Crippen LogP contribution in [0.15, 0.2) is 65.7 Å². The zero-order valence-corrected chi connectivity index (χ0v) is 15.8. The van der Waals surface area contributed by atoms with Crippen LogP contribution < -0.4 is 10.3 Å². The van der Waals surface area contributed by atoms with E-state index in [0.717, 1.165) is 5.69 Å². The SMILES string of the molecule is Cc1nn(-c2ccccc2)c2c1C(c1cccc([N+](=O)[O-])c1)c1c(nc[nH]c1=O)O2. The number of benzene rings is 2. The third-order valence-electron chi connectivity index (χ3n) is 5.10. The first-order valence-electron chi connectivity index (χ1n) is 9.19. The average molecular weight is 401 g/mol. The molecular formula is C21H15N5O4. The van der Waals surface area contributed by atoms with Crippen LogP contribution in [0.2, 0.25) is 0 Å². The van der Waals surface area contributed by atoms with Crippen molar-refractivity contribution in [1.29, 1.82) is 0 Å². The normalized spacial score (nSPS) is 14.5. The Labute approximate surface area is 169 Å². The molecule has 1 N–H and O–H groups in total. The van der Waals surface area contributed by atoms with Crippen LogP contribution in [0.25, 0.3) is 5.69 Å². The van der Waals surface area contributed by atoms with Gasteiger partial charge in [-0.15, -0.1) is 0 Å². The molecule has 5 rings (SSSR count). The second-order valence-corrected chi connectivity index (χ2v) is 6.89. The van der Waals surface area contributed by atoms with Gasteiger partial charge in [0.25, 0.3) is 11.2 Å². The number of aromatic nitrogens is 4. The molecule has 0 saturated carbocycles. The Hall–Kier alpha value is -4.27. The number of hydrogen-bond acceptors (Lipinski definition) is 6. The van der Waals surface area contributed by atoms with Crippen LogP contribution in [0.5, 0.6) is 11.8 Å². The molecule has 0 bridgehead atoms. The summed E-state index contributed by atoms with van der Waals surface area (Å²) in [5, 5.41) is 16.0. The molecule has 0 radical (unpaired) electrons. The fraction of sp³-hybridized carbons (Fsp3) is 0.0952. The van der Waals surface area contributed by atoms with E-state index in [1.54, 1.807) is 16.8 Å². The molecule has 0 fully saturated rings. The summed E-state index contributed by atoms with van der Waals surface area (Å²) in [6.07, 6.45) is 1.27. The smallest absolute Gasteiger partial charge is 0.269 e. The number of H-pyrrole nitrogens is 1. The molecule has 4 aromatic rings. The first-order chi connectivity index (χ1) is 14.5. The fourth-order valence-corrected chi connectivity index (χ4v) is 3.81. The minimum absolute atomic E-state index is 0.0597. The molecule has 30 heavy (non-hydrogen) atoms. The minimum atomic E-state index is -0.612. The second kappa shape index (κ2) is 6.66. The highest BCUT2D eigenvalue weighted by atomic mass is 16.6. The molecule has 2 aromatic heterocycles. The maximum atomic E-state index is 12.7. The predicted molar refractivity (Wildman–Crippen MR) is 107 cm³/mol. The van der Waals surface area contributed by atoms with Crippen molar-refractivity contribution >= 4 is 5.69 Å². The lowest BCUT2D eigenvalue weighted by Gasteiger charge is -2.25. The molecule has 2 aromatic carbocycles. The van der Waals surface area contributed by atoms with E-state index < -0.39 is 10.8 Å². The number of aromatic amines is 1. The number of nitro benzene ring substituents is 1. The lowest BCUT2D eigenvalue weighted by Crippen LogP contribution is -2.24. The van der Waals surface area contributed by atoms with Crippen molar-refractivity contribution < 1.29 is 9.66 Å². The number of nitrogens with zero attached hydrogens (tertiary/aromatic N) is 4. The molecule has 1 unspecified atom stereocenters. The summed E-state index contributed by atoms with van der Waals surface area (Å²) >= 11 is 0. The zero-order valence-electron chi connectivity index (χ0n) is 15.8. The van der Waals surface area contributed by atoms with Crippen LogP contribution >= 0.6 is 0 Å². The standard InChI is InChI=1S/C21H15N5O4/c1-12-16-17(13-6-5-9-15(10-13)26(28)29)18-19(27)22-11-23-20(18)30-21(16)25(24-12)14-7-3-2-4-8-14/h2-11,17H,1H3,(H,22,23,27). The molecule has 3 heterocycles. The van der Waals surface area contributed by atoms with E-state index in [0.29, 0.717) is 28.3 Å². The van der Waals surface area contributed by atoms with Crippen LogP contribution in [0, 0.1) is 17.0 Å². The summed E-state index contributed by atoms with van der Waals surface area (Å²) in [6, 6.07) is 15.7. The van der Waals surface area contributed by atoms with Gasteiger partial charge in [0.05, 0.1) is 39.7 Å². The van der Waals surface area contributed by atoms with Gasteiger partial charge >= 0.3 is 0 Å². The average Bonchev–Trinajstić information content (AvgIpc) is 3.09. The maximum absolute atomic E-state index is 12.7. The summed E-state index contributed by atoms with van der Waals surface area (Å²) in [4.78, 5) is 30.4. The summed E-state index contributed by atoms with van der Waals surface area (Å²) in [5.74, 6) is -0.0285. The number of fused-ring (bicyclic) bond motifs is 2. The van der Waals surface area contributed by atoms with E-state index in [2.05, 4.69) is 15.1 Å². The molecule has 9 heteroatoms. The summed E-state index contributed by atoms with van der Waals surface area (Å²) in [5.41, 5.74) is 2.56. The highest BCUT2D eigenvalue weighted by Crippen LogP contribution is 2.47. The third-order valence-corrected chi connectivity index (χ3v) is 5.10. The Bertz CT molecular complexity index is 1340. The van der Waals surface area contributed by atoms with Gasteiger partial charge in [-0.3, -0.25) is 14.9 Å². The molecule has 1 aliphatic heterocycles. The van der Waals surface area contributed by atoms with Gasteiger partial charge in [0, 0.05) is 12.1 Å². The lowest BCUT2D eigenvalue weighted by molar-refractivity contribution is -0.384. The molecule has 0 saturated heterocycles. The molecule has 1 atom stereocenters. The van der Waals surface area contributed by atoms with Gasteiger partial charge in [-0.2, -0.15) is 5.10 Å². The number of ether oxygens (including phenoxy) is 1. The molecule has 9 nitrogen and oxygen atoms in total. The van der Waals surface area contributed by atoms with Crippen molar-refractivity contribution in [2.45, 2.75) is 12.8 Å². The van der Waals surface area contributed by atoms with E-state index in [1.807, 2.05) is 37.3 Å². The van der Waals surface area contributed by atoms with Gasteiger partial charge in [0.15, 0.2) is 0 Å². The number of aryl methyl sites for hydroxylation is 1. The molecule has 0 amide bonds. The summed E-state index contributed by atoms with van der Waals surface area (Å²) in [7, 11) is 0. The predicted octanol–water partition coefficient (Wildman–Crippen LogP) is 3.46. The highest BCUT2D eigenvalue weighted by Gasteiger charge is 2.37. The van der Waals surface area contributed by atoms with Gasteiger partial charge < -0.3 is 9.72 Å². The van der Waals surface area contributed by atoms with Crippen molar-refractivity contribution in [1.82, 2.24) is 19.7 Å². The van der Waals surface area contributed by atoms with E-state index in [1.165, 1.54) is 18.5 Å². The summed E-state index contributed by atoms with van der Waals surface area (Å²) < 4.78 is 7.68. The Morgan fingerprint density at radius 3 is 2.70 bits per heavy atom. The number of hydrogen-bond donors (Lipinski definition) is 1. The van der Waals surface area contributed by atoms with Gasteiger partial charge in [0.1, 0.15) is 0 Å². The molecule has 0 spiro atoms. The monoisotopic (exact) mass is 401 g/mol. The Kier molecular flexibility index (Phi) is 3.95. The van der Waals surface area contributed by atoms with E-state index in [4.69, 9.17) is 4.74 Å². The molecular weight excluding hydrogens is 386 g/mol. The maximum Gasteiger partial charge on any atom is 0.269 e. The zero-order chi connectivity index (χ0) is 20.8. The van der Waals surface area contributed by atoms with Crippen LogP contribution in [-0.2, 0) is 0 Å². The Balaban J connectivity index is 1.80. The molecule has 1 aliphatic rings. The van der Waals surface area contributed by atoms with Crippen LogP contribution in [0.1, 0.15) is 28.3 Å². The van der Waals surface area contributed by atoms with Crippen molar-refractivity contribution in [2.75, 3.05) is 0 Å². The number of nitro groups is 1. The minimum Gasteiger partial charge on any atom is -0.420 e. The number of rotatable bonds is 3. The van der Waals surface area contributed by atoms with Gasteiger partial charge in [-0.25, -0.2) is 9.67 Å². The van der Waals surface area contributed by atoms with Crippen LogP contribution in [0.3, 0.4) is 0 Å². The van der Waals surface area contributed by atoms with Crippen LogP contribution in [-0.4, -0.2) is 24.7 Å². The second-order valence-electron chi connectivity index (χ2n) is 6.89. The van der Waals surface area contributed by atoms with Crippen molar-refractivity contribution in [2.24, 2.45) is 0 Å². The topological polar surface area (TPSA) is 116 Å². The number of para-hydroxylation sites is 1. The van der Waals surface area contributed by atoms with E-state index in [-0.39, 0.29) is 17.1 Å². The number of non-ortho nitro benzene ring substituents is 1. The fourth-order valence-electron chi connectivity index (χ4n) is 3.81. The van der Waals surface area contributed by atoms with Gasteiger partial charge in [-0.1, -0.05) is 30.3 Å². The largest absolute Gasteiger partial charge is 0.420 e. The first-order valence-corrected chi connectivity index (χ1v) is 9.19. The highest BCUT2D eigenvalue weighted by molar-refractivity contribution is 5.58. The van der Waals surface area contributed by atoms with Crippen molar-refractivity contribution in [3.8, 4) is 17.4 Å².